The molecule has 0 atom stereocenters. The van der Waals surface area contributed by atoms with Crippen molar-refractivity contribution >= 4 is 5.97 Å². The summed E-state index contributed by atoms with van der Waals surface area (Å²) in [4.78, 5) is 15.7. The molecule has 1 aromatic carbocycles. The van der Waals surface area contributed by atoms with E-state index in [9.17, 15) is 9.90 Å². The van der Waals surface area contributed by atoms with Gasteiger partial charge in [0, 0.05) is 18.8 Å². The zero-order chi connectivity index (χ0) is 15.4. The molecule has 0 unspecified atom stereocenters. The van der Waals surface area contributed by atoms with Crippen LogP contribution in [0.4, 0.5) is 0 Å². The van der Waals surface area contributed by atoms with Crippen molar-refractivity contribution in [2.75, 3.05) is 0 Å². The van der Waals surface area contributed by atoms with Gasteiger partial charge >= 0.3 is 5.97 Å². The fourth-order valence-corrected chi connectivity index (χ4v) is 3.02. The number of carboxylic acids is 1. The van der Waals surface area contributed by atoms with Gasteiger partial charge in [-0.3, -0.25) is 0 Å². The van der Waals surface area contributed by atoms with E-state index in [1.54, 1.807) is 29.1 Å². The summed E-state index contributed by atoms with van der Waals surface area (Å²) in [6, 6.07) is 7.56. The van der Waals surface area contributed by atoms with Crippen LogP contribution in [-0.4, -0.2) is 26.7 Å². The maximum atomic E-state index is 11.3. The first-order valence-electron chi connectivity index (χ1n) is 7.83. The predicted octanol–water partition coefficient (Wildman–Crippen LogP) is 2.99. The molecule has 1 aliphatic carbocycles. The number of hydrogen-bond donors (Lipinski definition) is 2. The molecule has 1 aromatic heterocycles. The molecule has 22 heavy (non-hydrogen) atoms. The van der Waals surface area contributed by atoms with E-state index in [0.29, 0.717) is 11.7 Å². The van der Waals surface area contributed by atoms with Crippen molar-refractivity contribution in [3.8, 4) is 5.69 Å². The van der Waals surface area contributed by atoms with E-state index in [4.69, 9.17) is 0 Å². The minimum absolute atomic E-state index is 0.284. The number of nitrogens with zero attached hydrogens (tertiary/aromatic N) is 2. The number of aromatic nitrogens is 2. The third-order valence-electron chi connectivity index (χ3n) is 4.23. The highest BCUT2D eigenvalue weighted by molar-refractivity contribution is 5.91. The summed E-state index contributed by atoms with van der Waals surface area (Å²) in [5.41, 5.74) is 1.86. The molecule has 1 saturated carbocycles. The average molecular weight is 299 g/mol. The van der Waals surface area contributed by atoms with E-state index in [1.165, 1.54) is 32.1 Å². The lowest BCUT2D eigenvalue weighted by molar-refractivity contribution is 0.0697. The molecule has 2 N–H and O–H groups in total. The normalized spacial score (nSPS) is 15.8. The highest BCUT2D eigenvalue weighted by atomic mass is 16.4. The fourth-order valence-electron chi connectivity index (χ4n) is 3.02. The number of nitrogens with one attached hydrogen (secondary N) is 1. The lowest BCUT2D eigenvalue weighted by atomic mass is 9.95. The minimum Gasteiger partial charge on any atom is -0.478 e. The Morgan fingerprint density at radius 2 is 2.05 bits per heavy atom. The Kier molecular flexibility index (Phi) is 4.53. The van der Waals surface area contributed by atoms with Gasteiger partial charge in [0.15, 0.2) is 0 Å². The molecular formula is C17H21N3O2. The summed E-state index contributed by atoms with van der Waals surface area (Å²) < 4.78 is 1.78. The summed E-state index contributed by atoms with van der Waals surface area (Å²) in [7, 11) is 0. The Labute approximate surface area is 130 Å². The van der Waals surface area contributed by atoms with E-state index in [-0.39, 0.29) is 5.56 Å². The largest absolute Gasteiger partial charge is 0.478 e. The van der Waals surface area contributed by atoms with Crippen molar-refractivity contribution in [3.05, 3.63) is 48.0 Å². The number of hydrogen-bond acceptors (Lipinski definition) is 3. The summed E-state index contributed by atoms with van der Waals surface area (Å²) in [5, 5.41) is 12.8. The van der Waals surface area contributed by atoms with Crippen LogP contribution in [0.2, 0.25) is 0 Å². The quantitative estimate of drug-likeness (QED) is 0.890. The average Bonchev–Trinajstić information content (AvgIpc) is 3.03. The van der Waals surface area contributed by atoms with Crippen molar-refractivity contribution < 1.29 is 9.90 Å². The van der Waals surface area contributed by atoms with Crippen molar-refractivity contribution in [2.45, 2.75) is 44.7 Å². The minimum atomic E-state index is -0.925. The van der Waals surface area contributed by atoms with Crippen LogP contribution in [0.5, 0.6) is 0 Å². The van der Waals surface area contributed by atoms with Gasteiger partial charge in [-0.05, 0) is 25.0 Å². The van der Waals surface area contributed by atoms with E-state index in [2.05, 4.69) is 10.3 Å². The molecule has 2 aromatic rings. The first kappa shape index (κ1) is 14.8. The zero-order valence-electron chi connectivity index (χ0n) is 12.5. The molecule has 0 amide bonds. The van der Waals surface area contributed by atoms with Gasteiger partial charge in [0.25, 0.3) is 0 Å². The molecule has 0 aliphatic heterocycles. The molecule has 5 nitrogen and oxygen atoms in total. The lowest BCUT2D eigenvalue weighted by Gasteiger charge is -2.22. The third-order valence-corrected chi connectivity index (χ3v) is 4.23. The fraction of sp³-hybridized carbons (Fsp3) is 0.412. The van der Waals surface area contributed by atoms with Crippen LogP contribution >= 0.6 is 0 Å². The maximum absolute atomic E-state index is 11.3. The monoisotopic (exact) mass is 299 g/mol. The van der Waals surface area contributed by atoms with Crippen molar-refractivity contribution in [1.29, 1.82) is 0 Å². The highest BCUT2D eigenvalue weighted by Gasteiger charge is 2.14. The van der Waals surface area contributed by atoms with Gasteiger partial charge in [0.1, 0.15) is 0 Å². The molecule has 0 spiro atoms. The molecule has 1 aliphatic rings. The van der Waals surface area contributed by atoms with Crippen LogP contribution in [0.15, 0.2) is 36.8 Å². The predicted molar refractivity (Wildman–Crippen MR) is 84.2 cm³/mol. The summed E-state index contributed by atoms with van der Waals surface area (Å²) in [6.07, 6.45) is 10.0. The topological polar surface area (TPSA) is 67.1 Å². The van der Waals surface area contributed by atoms with Crippen LogP contribution in [0.3, 0.4) is 0 Å². The van der Waals surface area contributed by atoms with Crippen LogP contribution in [0, 0.1) is 0 Å². The van der Waals surface area contributed by atoms with Gasteiger partial charge in [0.05, 0.1) is 23.3 Å². The Hall–Kier alpha value is -2.14. The van der Waals surface area contributed by atoms with Gasteiger partial charge in [-0.15, -0.1) is 0 Å². The van der Waals surface area contributed by atoms with Crippen LogP contribution in [0.25, 0.3) is 5.69 Å². The third kappa shape index (κ3) is 3.36. The summed E-state index contributed by atoms with van der Waals surface area (Å²) >= 11 is 0. The molecule has 3 rings (SSSR count). The first-order chi connectivity index (χ1) is 10.7. The smallest absolute Gasteiger partial charge is 0.337 e. The number of imidazole rings is 1. The standard InChI is InChI=1S/C17H21N3O2/c21-17(22)15-8-4-5-9-16(15)20-11-14(19-12-20)10-18-13-6-2-1-3-7-13/h4-5,8-9,11-13,18H,1-3,6-7,10H2,(H,21,22). The Morgan fingerprint density at radius 3 is 2.82 bits per heavy atom. The lowest BCUT2D eigenvalue weighted by Crippen LogP contribution is -2.30. The number of carbonyl (C=O) groups is 1. The van der Waals surface area contributed by atoms with Crippen molar-refractivity contribution in [3.63, 3.8) is 0 Å². The molecular weight excluding hydrogens is 278 g/mol. The van der Waals surface area contributed by atoms with E-state index >= 15 is 0 Å². The van der Waals surface area contributed by atoms with Gasteiger partial charge in [-0.2, -0.15) is 0 Å². The Balaban J connectivity index is 1.69. The molecule has 0 radical (unpaired) electrons. The molecule has 0 saturated heterocycles. The number of carboxylic acid groups (broad SMARTS) is 1. The molecule has 5 heteroatoms. The van der Waals surface area contributed by atoms with Crippen LogP contribution in [0.1, 0.15) is 48.2 Å². The van der Waals surface area contributed by atoms with Gasteiger partial charge in [0.2, 0.25) is 0 Å². The Bertz CT molecular complexity index is 645. The van der Waals surface area contributed by atoms with E-state index in [0.717, 1.165) is 12.2 Å². The summed E-state index contributed by atoms with van der Waals surface area (Å²) in [5.74, 6) is -0.925. The number of aromatic carboxylic acids is 1. The summed E-state index contributed by atoms with van der Waals surface area (Å²) in [6.45, 7) is 0.729. The number of rotatable bonds is 5. The Morgan fingerprint density at radius 1 is 1.27 bits per heavy atom. The van der Waals surface area contributed by atoms with Gasteiger partial charge in [-0.1, -0.05) is 31.4 Å². The van der Waals surface area contributed by atoms with E-state index < -0.39 is 5.97 Å². The molecule has 116 valence electrons. The molecule has 1 heterocycles. The highest BCUT2D eigenvalue weighted by Crippen LogP contribution is 2.18. The second kappa shape index (κ2) is 6.75. The van der Waals surface area contributed by atoms with Crippen molar-refractivity contribution in [2.24, 2.45) is 0 Å². The van der Waals surface area contributed by atoms with Crippen LogP contribution in [-0.2, 0) is 6.54 Å². The number of benzene rings is 1. The number of para-hydroxylation sites is 1. The van der Waals surface area contributed by atoms with E-state index in [1.807, 2.05) is 12.3 Å². The first-order valence-corrected chi connectivity index (χ1v) is 7.83. The van der Waals surface area contributed by atoms with Crippen LogP contribution < -0.4 is 5.32 Å². The molecule has 1 fully saturated rings. The maximum Gasteiger partial charge on any atom is 0.337 e. The zero-order valence-corrected chi connectivity index (χ0v) is 12.5. The van der Waals surface area contributed by atoms with Crippen molar-refractivity contribution in [1.82, 2.24) is 14.9 Å². The second-order valence-electron chi connectivity index (χ2n) is 5.81. The van der Waals surface area contributed by atoms with Gasteiger partial charge < -0.3 is 15.0 Å². The molecule has 0 bridgehead atoms. The van der Waals surface area contributed by atoms with Gasteiger partial charge in [-0.25, -0.2) is 9.78 Å². The second-order valence-corrected chi connectivity index (χ2v) is 5.81. The SMILES string of the molecule is O=C(O)c1ccccc1-n1cnc(CNC2CCCCC2)c1.